The van der Waals surface area contributed by atoms with Gasteiger partial charge in [0.15, 0.2) is 0 Å². The SMILES string of the molecule is Cn1cnc([N+](=O)[O-])c1N1CCC[C@H]1c1ccsc1. The molecule has 6 nitrogen and oxygen atoms in total. The summed E-state index contributed by atoms with van der Waals surface area (Å²) in [7, 11) is 1.80. The molecule has 0 aliphatic carbocycles. The van der Waals surface area contributed by atoms with Crippen molar-refractivity contribution in [3.8, 4) is 0 Å². The van der Waals surface area contributed by atoms with Crippen LogP contribution >= 0.6 is 11.3 Å². The molecule has 0 saturated carbocycles. The van der Waals surface area contributed by atoms with Crippen LogP contribution in [0.1, 0.15) is 24.4 Å². The van der Waals surface area contributed by atoms with Crippen molar-refractivity contribution in [1.82, 2.24) is 9.55 Å². The molecule has 0 bridgehead atoms. The molecular weight excluding hydrogens is 264 g/mol. The third-order valence-corrected chi connectivity index (χ3v) is 4.21. The van der Waals surface area contributed by atoms with Crippen LogP contribution in [-0.2, 0) is 7.05 Å². The molecule has 0 aromatic carbocycles. The van der Waals surface area contributed by atoms with Gasteiger partial charge in [0.2, 0.25) is 12.1 Å². The van der Waals surface area contributed by atoms with E-state index in [4.69, 9.17) is 0 Å². The first kappa shape index (κ1) is 12.2. The number of hydrogen-bond donors (Lipinski definition) is 0. The van der Waals surface area contributed by atoms with Gasteiger partial charge in [-0.3, -0.25) is 4.57 Å². The Morgan fingerprint density at radius 1 is 1.58 bits per heavy atom. The van der Waals surface area contributed by atoms with E-state index in [-0.39, 0.29) is 11.9 Å². The topological polar surface area (TPSA) is 64.2 Å². The molecular formula is C12H14N4O2S. The Balaban J connectivity index is 2.01. The van der Waals surface area contributed by atoms with Crippen molar-refractivity contribution in [3.63, 3.8) is 0 Å². The third-order valence-electron chi connectivity index (χ3n) is 3.51. The van der Waals surface area contributed by atoms with Crippen molar-refractivity contribution >= 4 is 23.0 Å². The zero-order chi connectivity index (χ0) is 13.4. The van der Waals surface area contributed by atoms with Gasteiger partial charge in [-0.15, -0.1) is 0 Å². The lowest BCUT2D eigenvalue weighted by molar-refractivity contribution is -0.388. The van der Waals surface area contributed by atoms with Crippen molar-refractivity contribution in [2.24, 2.45) is 7.05 Å². The van der Waals surface area contributed by atoms with Gasteiger partial charge in [-0.05, 0) is 45.1 Å². The van der Waals surface area contributed by atoms with Gasteiger partial charge in [-0.25, -0.2) is 0 Å². The van der Waals surface area contributed by atoms with Crippen LogP contribution in [0, 0.1) is 10.1 Å². The highest BCUT2D eigenvalue weighted by Gasteiger charge is 2.34. The number of rotatable bonds is 3. The van der Waals surface area contributed by atoms with Gasteiger partial charge in [0.05, 0.1) is 6.04 Å². The maximum absolute atomic E-state index is 11.1. The maximum atomic E-state index is 11.1. The molecule has 100 valence electrons. The lowest BCUT2D eigenvalue weighted by Crippen LogP contribution is -2.25. The van der Waals surface area contributed by atoms with Crippen LogP contribution in [0.5, 0.6) is 0 Å². The number of nitro groups is 1. The van der Waals surface area contributed by atoms with Crippen LogP contribution in [-0.4, -0.2) is 21.0 Å². The van der Waals surface area contributed by atoms with E-state index in [0.717, 1.165) is 19.4 Å². The van der Waals surface area contributed by atoms with Gasteiger partial charge in [-0.2, -0.15) is 11.3 Å². The van der Waals surface area contributed by atoms with Crippen molar-refractivity contribution in [2.45, 2.75) is 18.9 Å². The van der Waals surface area contributed by atoms with Crippen LogP contribution in [0.3, 0.4) is 0 Å². The van der Waals surface area contributed by atoms with Crippen molar-refractivity contribution < 1.29 is 4.92 Å². The lowest BCUT2D eigenvalue weighted by atomic mass is 10.1. The Bertz CT molecular complexity index is 593. The molecule has 1 aliphatic heterocycles. The van der Waals surface area contributed by atoms with Gasteiger partial charge >= 0.3 is 5.82 Å². The summed E-state index contributed by atoms with van der Waals surface area (Å²) in [5, 5.41) is 15.3. The second kappa shape index (κ2) is 4.65. The van der Waals surface area contributed by atoms with Crippen LogP contribution < -0.4 is 4.90 Å². The summed E-state index contributed by atoms with van der Waals surface area (Å²) >= 11 is 1.66. The highest BCUT2D eigenvalue weighted by molar-refractivity contribution is 7.08. The summed E-state index contributed by atoms with van der Waals surface area (Å²) in [6.07, 6.45) is 3.58. The molecule has 2 aromatic rings. The first-order valence-corrected chi connectivity index (χ1v) is 7.07. The predicted molar refractivity (Wildman–Crippen MR) is 73.5 cm³/mol. The van der Waals surface area contributed by atoms with Crippen LogP contribution in [0.15, 0.2) is 23.2 Å². The summed E-state index contributed by atoms with van der Waals surface area (Å²) < 4.78 is 1.74. The Morgan fingerprint density at radius 3 is 3.11 bits per heavy atom. The molecule has 0 amide bonds. The van der Waals surface area contributed by atoms with Gasteiger partial charge in [-0.1, -0.05) is 0 Å². The number of aryl methyl sites for hydroxylation is 1. The highest BCUT2D eigenvalue weighted by Crippen LogP contribution is 2.39. The summed E-state index contributed by atoms with van der Waals surface area (Å²) in [5.41, 5.74) is 1.23. The summed E-state index contributed by atoms with van der Waals surface area (Å²) in [4.78, 5) is 16.7. The lowest BCUT2D eigenvalue weighted by Gasteiger charge is -2.25. The number of aromatic nitrogens is 2. The second-order valence-electron chi connectivity index (χ2n) is 4.67. The van der Waals surface area contributed by atoms with Gasteiger partial charge in [0.1, 0.15) is 0 Å². The standard InChI is InChI=1S/C12H14N4O2S/c1-14-8-13-11(16(17)18)12(14)15-5-2-3-10(15)9-4-6-19-7-9/h4,6-8,10H,2-3,5H2,1H3/t10-/m0/s1. The number of hydrogen-bond acceptors (Lipinski definition) is 5. The van der Waals surface area contributed by atoms with Gasteiger partial charge in [0.25, 0.3) is 0 Å². The van der Waals surface area contributed by atoms with E-state index in [1.165, 1.54) is 11.9 Å². The average Bonchev–Trinajstić information content (AvgIpc) is 3.06. The number of nitrogens with zero attached hydrogens (tertiary/aromatic N) is 4. The Kier molecular flexibility index (Phi) is 2.98. The molecule has 3 heterocycles. The fourth-order valence-electron chi connectivity index (χ4n) is 2.70. The van der Waals surface area contributed by atoms with Gasteiger partial charge < -0.3 is 15.0 Å². The molecule has 3 rings (SSSR count). The molecule has 0 spiro atoms. The smallest absolute Gasteiger partial charge is 0.358 e. The number of anilines is 1. The predicted octanol–water partition coefficient (Wildman–Crippen LogP) is 2.73. The van der Waals surface area contributed by atoms with E-state index >= 15 is 0 Å². The van der Waals surface area contributed by atoms with Gasteiger partial charge in [0, 0.05) is 13.6 Å². The van der Waals surface area contributed by atoms with Crippen molar-refractivity contribution in [3.05, 3.63) is 38.8 Å². The molecule has 1 saturated heterocycles. The molecule has 2 aromatic heterocycles. The molecule has 7 heteroatoms. The molecule has 0 radical (unpaired) electrons. The Labute approximate surface area is 114 Å². The zero-order valence-electron chi connectivity index (χ0n) is 10.5. The molecule has 19 heavy (non-hydrogen) atoms. The first-order chi connectivity index (χ1) is 9.18. The van der Waals surface area contributed by atoms with Crippen molar-refractivity contribution in [1.29, 1.82) is 0 Å². The average molecular weight is 278 g/mol. The van der Waals surface area contributed by atoms with E-state index in [1.807, 2.05) is 5.38 Å². The van der Waals surface area contributed by atoms with E-state index in [0.29, 0.717) is 5.82 Å². The Hall–Kier alpha value is -1.89. The highest BCUT2D eigenvalue weighted by atomic mass is 32.1. The zero-order valence-corrected chi connectivity index (χ0v) is 11.3. The molecule has 1 fully saturated rings. The second-order valence-corrected chi connectivity index (χ2v) is 5.45. The van der Waals surface area contributed by atoms with E-state index in [9.17, 15) is 10.1 Å². The van der Waals surface area contributed by atoms with Crippen LogP contribution in [0.2, 0.25) is 0 Å². The summed E-state index contributed by atoms with van der Waals surface area (Å²) in [5.74, 6) is 0.559. The molecule has 0 N–H and O–H groups in total. The third kappa shape index (κ3) is 1.99. The minimum atomic E-state index is -0.404. The molecule has 0 unspecified atom stereocenters. The maximum Gasteiger partial charge on any atom is 0.406 e. The van der Waals surface area contributed by atoms with E-state index in [2.05, 4.69) is 21.3 Å². The summed E-state index contributed by atoms with van der Waals surface area (Å²) in [6, 6.07) is 2.32. The fraction of sp³-hybridized carbons (Fsp3) is 0.417. The Morgan fingerprint density at radius 2 is 2.42 bits per heavy atom. The quantitative estimate of drug-likeness (QED) is 0.639. The fourth-order valence-corrected chi connectivity index (χ4v) is 3.41. The molecule has 1 aliphatic rings. The van der Waals surface area contributed by atoms with Crippen molar-refractivity contribution in [2.75, 3.05) is 11.4 Å². The van der Waals surface area contributed by atoms with Crippen LogP contribution in [0.4, 0.5) is 11.6 Å². The number of imidazole rings is 1. The minimum Gasteiger partial charge on any atom is -0.358 e. The number of thiophene rings is 1. The largest absolute Gasteiger partial charge is 0.406 e. The van der Waals surface area contributed by atoms with Crippen LogP contribution in [0.25, 0.3) is 0 Å². The minimum absolute atomic E-state index is 0.0513. The van der Waals surface area contributed by atoms with E-state index in [1.54, 1.807) is 23.0 Å². The molecule has 1 atom stereocenters. The normalized spacial score (nSPS) is 19.0. The first-order valence-electron chi connectivity index (χ1n) is 6.13. The van der Waals surface area contributed by atoms with E-state index < -0.39 is 4.92 Å². The summed E-state index contributed by atoms with van der Waals surface area (Å²) in [6.45, 7) is 0.834. The monoisotopic (exact) mass is 278 g/mol.